The molecular weight excluding hydrogens is 268 g/mol. The molecule has 1 aromatic heterocycles. The molecule has 3 atom stereocenters. The van der Waals surface area contributed by atoms with E-state index in [1.54, 1.807) is 18.0 Å². The first-order valence-electron chi connectivity index (χ1n) is 7.30. The zero-order valence-corrected chi connectivity index (χ0v) is 13.7. The Morgan fingerprint density at radius 1 is 1.52 bits per heavy atom. The van der Waals surface area contributed by atoms with Crippen LogP contribution in [0.3, 0.4) is 0 Å². The van der Waals surface area contributed by atoms with Gasteiger partial charge in [0, 0.05) is 37.4 Å². The van der Waals surface area contributed by atoms with Gasteiger partial charge in [-0.15, -0.1) is 0 Å². The van der Waals surface area contributed by atoms with E-state index in [-0.39, 0.29) is 29.1 Å². The van der Waals surface area contributed by atoms with Crippen molar-refractivity contribution in [3.05, 3.63) is 18.0 Å². The Morgan fingerprint density at radius 3 is 2.67 bits per heavy atom. The van der Waals surface area contributed by atoms with Crippen molar-refractivity contribution in [3.8, 4) is 0 Å². The molecule has 1 aromatic rings. The van der Waals surface area contributed by atoms with Crippen LogP contribution in [0, 0.1) is 5.41 Å². The average Bonchev–Trinajstić information content (AvgIpc) is 2.84. The van der Waals surface area contributed by atoms with Crippen molar-refractivity contribution in [1.29, 1.82) is 0 Å². The summed E-state index contributed by atoms with van der Waals surface area (Å²) in [5.74, 6) is 0. The highest BCUT2D eigenvalue weighted by Gasteiger charge is 2.58. The number of carbonyl (C=O) groups excluding carboxylic acids is 1. The molecule has 6 heteroatoms. The number of ether oxygens (including phenoxy) is 1. The Labute approximate surface area is 126 Å². The summed E-state index contributed by atoms with van der Waals surface area (Å²) in [6, 6.07) is -0.109. The Hall–Kier alpha value is -1.56. The summed E-state index contributed by atoms with van der Waals surface area (Å²) in [6.07, 6.45) is 4.49. The quantitative estimate of drug-likeness (QED) is 0.892. The number of aryl methyl sites for hydroxylation is 1. The number of hydrogen-bond donors (Lipinski definition) is 2. The Kier molecular flexibility index (Phi) is 4.02. The molecule has 1 saturated carbocycles. The van der Waals surface area contributed by atoms with Crippen LogP contribution in [0.5, 0.6) is 0 Å². The monoisotopic (exact) mass is 294 g/mol. The summed E-state index contributed by atoms with van der Waals surface area (Å²) < 4.78 is 7.30. The van der Waals surface area contributed by atoms with E-state index < -0.39 is 0 Å². The molecule has 0 spiro atoms. The summed E-state index contributed by atoms with van der Waals surface area (Å²) in [7, 11) is 3.58. The van der Waals surface area contributed by atoms with E-state index in [0.29, 0.717) is 0 Å². The van der Waals surface area contributed by atoms with Crippen molar-refractivity contribution < 1.29 is 9.53 Å². The molecule has 1 heterocycles. The molecule has 118 valence electrons. The first-order valence-corrected chi connectivity index (χ1v) is 7.30. The molecular formula is C15H26N4O2. The second-order valence-corrected chi connectivity index (χ2v) is 6.70. The van der Waals surface area contributed by atoms with Gasteiger partial charge in [0.15, 0.2) is 0 Å². The lowest BCUT2D eigenvalue weighted by molar-refractivity contribution is -0.177. The van der Waals surface area contributed by atoms with Gasteiger partial charge in [0.05, 0.1) is 17.8 Å². The molecule has 21 heavy (non-hydrogen) atoms. The van der Waals surface area contributed by atoms with Crippen LogP contribution in [0.4, 0.5) is 4.79 Å². The number of amides is 2. The van der Waals surface area contributed by atoms with Crippen LogP contribution in [0.15, 0.2) is 12.4 Å². The van der Waals surface area contributed by atoms with Crippen LogP contribution in [0.25, 0.3) is 0 Å². The van der Waals surface area contributed by atoms with Crippen LogP contribution < -0.4 is 10.6 Å². The first kappa shape index (κ1) is 15.8. The van der Waals surface area contributed by atoms with Crippen molar-refractivity contribution in [2.24, 2.45) is 12.5 Å². The van der Waals surface area contributed by atoms with Crippen molar-refractivity contribution in [3.63, 3.8) is 0 Å². The topological polar surface area (TPSA) is 68.2 Å². The Bertz CT molecular complexity index is 525. The number of urea groups is 1. The number of aromatic nitrogens is 2. The zero-order valence-electron chi connectivity index (χ0n) is 13.7. The van der Waals surface area contributed by atoms with Gasteiger partial charge in [0.2, 0.25) is 0 Å². The fourth-order valence-corrected chi connectivity index (χ4v) is 2.87. The summed E-state index contributed by atoms with van der Waals surface area (Å²) in [5, 5.41) is 10.1. The second kappa shape index (κ2) is 5.33. The Balaban J connectivity index is 1.89. The van der Waals surface area contributed by atoms with Gasteiger partial charge in [0.1, 0.15) is 0 Å². The van der Waals surface area contributed by atoms with Crippen LogP contribution in [0.1, 0.15) is 45.7 Å². The maximum Gasteiger partial charge on any atom is 0.315 e. The predicted octanol–water partition coefficient (Wildman–Crippen LogP) is 1.98. The third kappa shape index (κ3) is 2.77. The highest BCUT2D eigenvalue weighted by Crippen LogP contribution is 2.51. The highest BCUT2D eigenvalue weighted by molar-refractivity contribution is 5.75. The van der Waals surface area contributed by atoms with Gasteiger partial charge in [-0.05, 0) is 20.3 Å². The van der Waals surface area contributed by atoms with E-state index in [0.717, 1.165) is 12.0 Å². The van der Waals surface area contributed by atoms with Crippen LogP contribution in [-0.2, 0) is 11.8 Å². The summed E-state index contributed by atoms with van der Waals surface area (Å²) in [6.45, 7) is 8.27. The summed E-state index contributed by atoms with van der Waals surface area (Å²) >= 11 is 0. The molecule has 2 rings (SSSR count). The predicted molar refractivity (Wildman–Crippen MR) is 80.9 cm³/mol. The fourth-order valence-electron chi connectivity index (χ4n) is 2.87. The van der Waals surface area contributed by atoms with Crippen molar-refractivity contribution in [2.45, 2.75) is 51.8 Å². The number of carbonyl (C=O) groups is 1. The lowest BCUT2D eigenvalue weighted by Crippen LogP contribution is -2.69. The van der Waals surface area contributed by atoms with Gasteiger partial charge in [-0.25, -0.2) is 4.79 Å². The van der Waals surface area contributed by atoms with E-state index in [4.69, 9.17) is 4.74 Å². The summed E-state index contributed by atoms with van der Waals surface area (Å²) in [5.41, 5.74) is 0.721. The van der Waals surface area contributed by atoms with E-state index in [1.807, 2.05) is 20.2 Å². The smallest absolute Gasteiger partial charge is 0.315 e. The second-order valence-electron chi connectivity index (χ2n) is 6.70. The lowest BCUT2D eigenvalue weighted by Gasteiger charge is -2.59. The van der Waals surface area contributed by atoms with Crippen LogP contribution >= 0.6 is 0 Å². The van der Waals surface area contributed by atoms with E-state index >= 15 is 0 Å². The van der Waals surface area contributed by atoms with E-state index in [1.165, 1.54) is 0 Å². The minimum Gasteiger partial charge on any atom is -0.378 e. The number of rotatable bonds is 4. The maximum absolute atomic E-state index is 12.1. The van der Waals surface area contributed by atoms with Gasteiger partial charge >= 0.3 is 6.03 Å². The number of nitrogens with one attached hydrogen (secondary N) is 2. The molecule has 0 radical (unpaired) electrons. The minimum absolute atomic E-state index is 0.0734. The van der Waals surface area contributed by atoms with Gasteiger partial charge in [-0.3, -0.25) is 4.68 Å². The molecule has 1 aliphatic carbocycles. The largest absolute Gasteiger partial charge is 0.378 e. The van der Waals surface area contributed by atoms with Gasteiger partial charge in [-0.1, -0.05) is 13.8 Å². The molecule has 0 bridgehead atoms. The molecule has 0 aliphatic heterocycles. The molecule has 1 aliphatic rings. The maximum atomic E-state index is 12.1. The molecule has 1 fully saturated rings. The van der Waals surface area contributed by atoms with Crippen LogP contribution in [-0.4, -0.2) is 34.6 Å². The fraction of sp³-hybridized carbons (Fsp3) is 0.733. The first-order chi connectivity index (χ1) is 9.69. The summed E-state index contributed by atoms with van der Waals surface area (Å²) in [4.78, 5) is 12.1. The van der Waals surface area contributed by atoms with Gasteiger partial charge < -0.3 is 15.4 Å². The number of methoxy groups -OCH3 is 1. The zero-order chi connectivity index (χ0) is 15.8. The van der Waals surface area contributed by atoms with Gasteiger partial charge in [-0.2, -0.15) is 5.10 Å². The highest BCUT2D eigenvalue weighted by atomic mass is 16.5. The Morgan fingerprint density at radius 2 is 2.19 bits per heavy atom. The molecule has 0 aromatic carbocycles. The third-order valence-corrected chi connectivity index (χ3v) is 5.16. The minimum atomic E-state index is -0.181. The van der Waals surface area contributed by atoms with Crippen molar-refractivity contribution in [1.82, 2.24) is 20.4 Å². The molecule has 6 nitrogen and oxygen atoms in total. The van der Waals surface area contributed by atoms with Crippen molar-refractivity contribution >= 4 is 6.03 Å². The third-order valence-electron chi connectivity index (χ3n) is 5.16. The van der Waals surface area contributed by atoms with Gasteiger partial charge in [0.25, 0.3) is 0 Å². The SMILES string of the molecule is COC1(C)CC(NC(=O)NC(C)c2cnn(C)c2)C1(C)C. The molecule has 3 unspecified atom stereocenters. The standard InChI is InChI=1S/C15H26N4O2/c1-10(11-8-16-19(5)9-11)17-13(20)18-12-7-15(4,21-6)14(12,2)3/h8-10,12H,7H2,1-6H3,(H2,17,18,20). The normalized spacial score (nSPS) is 28.6. The van der Waals surface area contributed by atoms with Crippen molar-refractivity contribution in [2.75, 3.05) is 7.11 Å². The number of hydrogen-bond acceptors (Lipinski definition) is 3. The lowest BCUT2D eigenvalue weighted by atomic mass is 9.56. The number of nitrogens with zero attached hydrogens (tertiary/aromatic N) is 2. The molecule has 0 saturated heterocycles. The van der Waals surface area contributed by atoms with Crippen LogP contribution in [0.2, 0.25) is 0 Å². The average molecular weight is 294 g/mol. The van der Waals surface area contributed by atoms with E-state index in [2.05, 4.69) is 36.5 Å². The van der Waals surface area contributed by atoms with E-state index in [9.17, 15) is 4.79 Å². The molecule has 2 N–H and O–H groups in total. The molecule has 2 amide bonds.